The second-order valence-corrected chi connectivity index (χ2v) is 3.28. The molecule has 0 bridgehead atoms. The number of benzene rings is 1. The SMILES string of the molecule is CC.O=C1CC(COC(=O)c2ccccc2)O1. The zero-order valence-electron chi connectivity index (χ0n) is 10.0. The Hall–Kier alpha value is -1.84. The van der Waals surface area contributed by atoms with Crippen molar-refractivity contribution in [1.82, 2.24) is 0 Å². The van der Waals surface area contributed by atoms with E-state index in [-0.39, 0.29) is 18.7 Å². The molecule has 92 valence electrons. The summed E-state index contributed by atoms with van der Waals surface area (Å²) in [5.41, 5.74) is 0.503. The van der Waals surface area contributed by atoms with Crippen LogP contribution < -0.4 is 0 Å². The van der Waals surface area contributed by atoms with Gasteiger partial charge in [0.25, 0.3) is 0 Å². The maximum absolute atomic E-state index is 11.4. The molecule has 0 saturated carbocycles. The first kappa shape index (κ1) is 13.2. The Bertz CT molecular complexity index is 364. The van der Waals surface area contributed by atoms with Crippen molar-refractivity contribution in [2.24, 2.45) is 0 Å². The fourth-order valence-electron chi connectivity index (χ4n) is 1.28. The van der Waals surface area contributed by atoms with E-state index >= 15 is 0 Å². The van der Waals surface area contributed by atoms with Crippen molar-refractivity contribution in [2.75, 3.05) is 6.61 Å². The smallest absolute Gasteiger partial charge is 0.338 e. The summed E-state index contributed by atoms with van der Waals surface area (Å²) < 4.78 is 9.67. The van der Waals surface area contributed by atoms with Gasteiger partial charge in [-0.2, -0.15) is 0 Å². The van der Waals surface area contributed by atoms with Gasteiger partial charge in [0.15, 0.2) is 0 Å². The van der Waals surface area contributed by atoms with Gasteiger partial charge in [-0.3, -0.25) is 4.79 Å². The summed E-state index contributed by atoms with van der Waals surface area (Å²) in [5.74, 6) is -0.630. The highest BCUT2D eigenvalue weighted by Crippen LogP contribution is 2.13. The van der Waals surface area contributed by atoms with Crippen LogP contribution in [0, 0.1) is 0 Å². The molecule has 2 rings (SSSR count). The number of hydrogen-bond acceptors (Lipinski definition) is 4. The summed E-state index contributed by atoms with van der Waals surface area (Å²) in [6.45, 7) is 4.14. The van der Waals surface area contributed by atoms with Crippen LogP contribution in [-0.2, 0) is 14.3 Å². The van der Waals surface area contributed by atoms with E-state index in [4.69, 9.17) is 9.47 Å². The van der Waals surface area contributed by atoms with Crippen LogP contribution in [0.25, 0.3) is 0 Å². The van der Waals surface area contributed by atoms with Gasteiger partial charge in [-0.1, -0.05) is 32.0 Å². The summed E-state index contributed by atoms with van der Waals surface area (Å²) in [4.78, 5) is 21.9. The highest BCUT2D eigenvalue weighted by atomic mass is 16.6. The van der Waals surface area contributed by atoms with Crippen LogP contribution in [0.5, 0.6) is 0 Å². The Labute approximate surface area is 101 Å². The lowest BCUT2D eigenvalue weighted by Crippen LogP contribution is -2.37. The first-order chi connectivity index (χ1) is 8.25. The van der Waals surface area contributed by atoms with Crippen LogP contribution >= 0.6 is 0 Å². The van der Waals surface area contributed by atoms with Crippen LogP contribution in [0.4, 0.5) is 0 Å². The van der Waals surface area contributed by atoms with Gasteiger partial charge in [0.1, 0.15) is 12.7 Å². The molecule has 0 spiro atoms. The molecule has 0 amide bonds. The molecule has 0 radical (unpaired) electrons. The molecular formula is C13H16O4. The molecule has 1 fully saturated rings. The van der Waals surface area contributed by atoms with E-state index in [1.165, 1.54) is 0 Å². The lowest BCUT2D eigenvalue weighted by atomic mass is 10.2. The minimum absolute atomic E-state index is 0.138. The number of hydrogen-bond donors (Lipinski definition) is 0. The maximum Gasteiger partial charge on any atom is 0.338 e. The molecular weight excluding hydrogens is 220 g/mol. The molecule has 1 aliphatic heterocycles. The summed E-state index contributed by atoms with van der Waals surface area (Å²) in [5, 5.41) is 0. The first-order valence-corrected chi connectivity index (χ1v) is 5.67. The number of esters is 2. The molecule has 4 heteroatoms. The molecule has 1 heterocycles. The van der Waals surface area contributed by atoms with Crippen LogP contribution in [0.15, 0.2) is 30.3 Å². The van der Waals surface area contributed by atoms with Gasteiger partial charge in [0.2, 0.25) is 0 Å². The zero-order valence-corrected chi connectivity index (χ0v) is 10.0. The zero-order chi connectivity index (χ0) is 12.7. The molecule has 1 unspecified atom stereocenters. The van der Waals surface area contributed by atoms with E-state index in [1.54, 1.807) is 24.3 Å². The van der Waals surface area contributed by atoms with Crippen LogP contribution in [0.3, 0.4) is 0 Å². The maximum atomic E-state index is 11.4. The van der Waals surface area contributed by atoms with Crippen molar-refractivity contribution >= 4 is 11.9 Å². The Morgan fingerprint density at radius 1 is 1.35 bits per heavy atom. The standard InChI is InChI=1S/C11H10O4.C2H6/c12-10-6-9(15-10)7-14-11(13)8-4-2-1-3-5-8;1-2/h1-5,9H,6-7H2;1-2H3. The van der Waals surface area contributed by atoms with Gasteiger partial charge < -0.3 is 9.47 Å². The highest BCUT2D eigenvalue weighted by molar-refractivity contribution is 5.89. The Morgan fingerprint density at radius 2 is 1.94 bits per heavy atom. The second-order valence-electron chi connectivity index (χ2n) is 3.28. The van der Waals surface area contributed by atoms with E-state index in [0.29, 0.717) is 12.0 Å². The van der Waals surface area contributed by atoms with Gasteiger partial charge in [0.05, 0.1) is 12.0 Å². The van der Waals surface area contributed by atoms with Crippen molar-refractivity contribution in [3.05, 3.63) is 35.9 Å². The topological polar surface area (TPSA) is 52.6 Å². The molecule has 4 nitrogen and oxygen atoms in total. The predicted octanol–water partition coefficient (Wildman–Crippen LogP) is 2.19. The van der Waals surface area contributed by atoms with E-state index < -0.39 is 5.97 Å². The molecule has 1 aromatic rings. The van der Waals surface area contributed by atoms with Gasteiger partial charge >= 0.3 is 11.9 Å². The second kappa shape index (κ2) is 6.68. The molecule has 0 aromatic heterocycles. The summed E-state index contributed by atoms with van der Waals surface area (Å²) >= 11 is 0. The lowest BCUT2D eigenvalue weighted by molar-refractivity contribution is -0.173. The van der Waals surface area contributed by atoms with Gasteiger partial charge in [-0.25, -0.2) is 4.79 Å². The van der Waals surface area contributed by atoms with Gasteiger partial charge in [-0.05, 0) is 12.1 Å². The van der Waals surface area contributed by atoms with Gasteiger partial charge in [0, 0.05) is 0 Å². The third kappa shape index (κ3) is 3.90. The summed E-state index contributed by atoms with van der Waals surface area (Å²) in [6, 6.07) is 8.70. The fraction of sp³-hybridized carbons (Fsp3) is 0.385. The quantitative estimate of drug-likeness (QED) is 0.755. The Balaban J connectivity index is 0.000000686. The lowest BCUT2D eigenvalue weighted by Gasteiger charge is -2.24. The molecule has 1 aliphatic rings. The highest BCUT2D eigenvalue weighted by Gasteiger charge is 2.29. The van der Waals surface area contributed by atoms with Crippen molar-refractivity contribution in [3.63, 3.8) is 0 Å². The third-order valence-corrected chi connectivity index (χ3v) is 2.10. The van der Waals surface area contributed by atoms with Crippen molar-refractivity contribution in [3.8, 4) is 0 Å². The number of cyclic esters (lactones) is 1. The number of carbonyl (C=O) groups excluding carboxylic acids is 2. The van der Waals surface area contributed by atoms with E-state index in [1.807, 2.05) is 19.9 Å². The summed E-state index contributed by atoms with van der Waals surface area (Å²) in [7, 11) is 0. The number of carbonyl (C=O) groups is 2. The van der Waals surface area contributed by atoms with Gasteiger partial charge in [-0.15, -0.1) is 0 Å². The monoisotopic (exact) mass is 236 g/mol. The minimum Gasteiger partial charge on any atom is -0.458 e. The molecule has 0 N–H and O–H groups in total. The largest absolute Gasteiger partial charge is 0.458 e. The average molecular weight is 236 g/mol. The van der Waals surface area contributed by atoms with Crippen LogP contribution in [0.1, 0.15) is 30.6 Å². The van der Waals surface area contributed by atoms with Crippen LogP contribution in [-0.4, -0.2) is 24.6 Å². The number of ether oxygens (including phenoxy) is 2. The Morgan fingerprint density at radius 3 is 2.47 bits per heavy atom. The third-order valence-electron chi connectivity index (χ3n) is 2.10. The van der Waals surface area contributed by atoms with Crippen molar-refractivity contribution in [1.29, 1.82) is 0 Å². The first-order valence-electron chi connectivity index (χ1n) is 5.67. The van der Waals surface area contributed by atoms with E-state index in [0.717, 1.165) is 0 Å². The molecule has 0 aliphatic carbocycles. The molecule has 17 heavy (non-hydrogen) atoms. The molecule has 1 saturated heterocycles. The summed E-state index contributed by atoms with van der Waals surface area (Å²) in [6.07, 6.45) is 0.0763. The normalized spacial score (nSPS) is 17.1. The minimum atomic E-state index is -0.390. The van der Waals surface area contributed by atoms with Crippen molar-refractivity contribution < 1.29 is 19.1 Å². The fourth-order valence-corrected chi connectivity index (χ4v) is 1.28. The van der Waals surface area contributed by atoms with E-state index in [9.17, 15) is 9.59 Å². The average Bonchev–Trinajstić information content (AvgIpc) is 2.36. The molecule has 1 aromatic carbocycles. The Kier molecular flexibility index (Phi) is 5.20. The predicted molar refractivity (Wildman–Crippen MR) is 62.6 cm³/mol. The van der Waals surface area contributed by atoms with Crippen LogP contribution in [0.2, 0.25) is 0 Å². The molecule has 1 atom stereocenters. The van der Waals surface area contributed by atoms with Crippen molar-refractivity contribution in [2.45, 2.75) is 26.4 Å². The van der Waals surface area contributed by atoms with E-state index in [2.05, 4.69) is 0 Å². The number of rotatable bonds is 3.